The van der Waals surface area contributed by atoms with Gasteiger partial charge in [-0.25, -0.2) is 8.78 Å². The minimum Gasteiger partial charge on any atom is -0.493 e. The highest BCUT2D eigenvalue weighted by molar-refractivity contribution is 5.96. The Bertz CT molecular complexity index is 1320. The number of pyridine rings is 1. The van der Waals surface area contributed by atoms with E-state index in [1.807, 2.05) is 19.1 Å². The van der Waals surface area contributed by atoms with Crippen LogP contribution >= 0.6 is 0 Å². The van der Waals surface area contributed by atoms with Crippen LogP contribution in [0.25, 0.3) is 6.08 Å². The van der Waals surface area contributed by atoms with E-state index in [1.54, 1.807) is 35.5 Å². The summed E-state index contributed by atoms with van der Waals surface area (Å²) >= 11 is 0. The molecule has 4 rings (SSSR count). The average molecular weight is 552 g/mol. The minimum absolute atomic E-state index is 0.134. The molecule has 0 saturated carbocycles. The molecule has 1 atom stereocenters. The smallest absolute Gasteiger partial charge is 0.254 e. The first-order valence-electron chi connectivity index (χ1n) is 13.2. The van der Waals surface area contributed by atoms with Crippen molar-refractivity contribution in [2.75, 3.05) is 41.0 Å². The van der Waals surface area contributed by atoms with Gasteiger partial charge < -0.3 is 19.1 Å². The highest BCUT2D eigenvalue weighted by Crippen LogP contribution is 2.38. The molecule has 1 aliphatic rings. The van der Waals surface area contributed by atoms with Crippen molar-refractivity contribution in [3.8, 4) is 17.2 Å². The van der Waals surface area contributed by atoms with Crippen LogP contribution in [-0.2, 0) is 6.54 Å². The number of carbonyl (C=O) groups is 1. The molecule has 1 aromatic heterocycles. The topological polar surface area (TPSA) is 64.1 Å². The third-order valence-electron chi connectivity index (χ3n) is 7.07. The van der Waals surface area contributed by atoms with Crippen molar-refractivity contribution in [2.24, 2.45) is 0 Å². The summed E-state index contributed by atoms with van der Waals surface area (Å²) in [5.74, 6) is -0.349. The van der Waals surface area contributed by atoms with Crippen LogP contribution in [0.2, 0.25) is 0 Å². The second-order valence-corrected chi connectivity index (χ2v) is 9.88. The van der Waals surface area contributed by atoms with Crippen LogP contribution in [0.4, 0.5) is 8.78 Å². The molecule has 0 spiro atoms. The predicted octanol–water partition coefficient (Wildman–Crippen LogP) is 5.60. The third-order valence-corrected chi connectivity index (χ3v) is 7.07. The number of benzene rings is 2. The van der Waals surface area contributed by atoms with Crippen LogP contribution in [-0.4, -0.2) is 67.7 Å². The van der Waals surface area contributed by atoms with Gasteiger partial charge in [-0.15, -0.1) is 0 Å². The van der Waals surface area contributed by atoms with Crippen molar-refractivity contribution >= 4 is 12.0 Å². The summed E-state index contributed by atoms with van der Waals surface area (Å²) in [6, 6.07) is 10.9. The maximum atomic E-state index is 14.4. The lowest BCUT2D eigenvalue weighted by Gasteiger charge is -2.31. The number of hydrogen-bond donors (Lipinski definition) is 0. The number of carbonyl (C=O) groups excluding carboxylic acids is 1. The predicted molar refractivity (Wildman–Crippen MR) is 150 cm³/mol. The fourth-order valence-corrected chi connectivity index (χ4v) is 5.12. The van der Waals surface area contributed by atoms with Crippen LogP contribution in [0.15, 0.2) is 60.4 Å². The van der Waals surface area contributed by atoms with Gasteiger partial charge in [-0.3, -0.25) is 14.7 Å². The second kappa shape index (κ2) is 13.4. The largest absolute Gasteiger partial charge is 0.493 e. The van der Waals surface area contributed by atoms with Crippen LogP contribution in [0, 0.1) is 11.6 Å². The van der Waals surface area contributed by atoms with Gasteiger partial charge in [-0.2, -0.15) is 0 Å². The highest BCUT2D eigenvalue weighted by atomic mass is 19.1. The Balaban J connectivity index is 1.64. The first kappa shape index (κ1) is 29.0. The second-order valence-electron chi connectivity index (χ2n) is 9.88. The zero-order valence-corrected chi connectivity index (χ0v) is 23.3. The zero-order chi connectivity index (χ0) is 28.6. The third kappa shape index (κ3) is 6.96. The summed E-state index contributed by atoms with van der Waals surface area (Å²) in [5, 5.41) is 0. The number of ether oxygens (including phenoxy) is 3. The molecular weight excluding hydrogens is 516 g/mol. The summed E-state index contributed by atoms with van der Waals surface area (Å²) in [7, 11) is 4.51. The van der Waals surface area contributed by atoms with Gasteiger partial charge in [0.05, 0.1) is 21.3 Å². The molecule has 1 fully saturated rings. The van der Waals surface area contributed by atoms with Crippen molar-refractivity contribution in [3.63, 3.8) is 0 Å². The summed E-state index contributed by atoms with van der Waals surface area (Å²) in [6.07, 6.45) is 7.18. The monoisotopic (exact) mass is 551 g/mol. The Hall–Kier alpha value is -3.98. The van der Waals surface area contributed by atoms with Crippen LogP contribution in [0.1, 0.15) is 41.3 Å². The van der Waals surface area contributed by atoms with E-state index in [0.717, 1.165) is 43.1 Å². The average Bonchev–Trinajstić information content (AvgIpc) is 3.39. The van der Waals surface area contributed by atoms with Gasteiger partial charge in [0.1, 0.15) is 11.6 Å². The molecule has 2 aromatic carbocycles. The van der Waals surface area contributed by atoms with Crippen molar-refractivity contribution in [1.29, 1.82) is 0 Å². The summed E-state index contributed by atoms with van der Waals surface area (Å²) in [5.41, 5.74) is 2.56. The van der Waals surface area contributed by atoms with E-state index >= 15 is 0 Å². The van der Waals surface area contributed by atoms with E-state index in [4.69, 9.17) is 14.2 Å². The molecule has 0 unspecified atom stereocenters. The van der Waals surface area contributed by atoms with Crippen molar-refractivity contribution < 1.29 is 27.8 Å². The van der Waals surface area contributed by atoms with E-state index < -0.39 is 11.6 Å². The number of hydrogen-bond acceptors (Lipinski definition) is 6. The molecule has 0 N–H and O–H groups in total. The molecule has 9 heteroatoms. The molecule has 0 aliphatic carbocycles. The van der Waals surface area contributed by atoms with Gasteiger partial charge in [0.15, 0.2) is 11.5 Å². The summed E-state index contributed by atoms with van der Waals surface area (Å²) in [6.45, 7) is 4.25. The number of methoxy groups -OCH3 is 3. The Morgan fingerprint density at radius 1 is 1.05 bits per heavy atom. The van der Waals surface area contributed by atoms with Crippen LogP contribution in [0.3, 0.4) is 0 Å². The number of nitrogens with zero attached hydrogens (tertiary/aromatic N) is 3. The fraction of sp³-hybridized carbons (Fsp3) is 0.355. The first-order valence-corrected chi connectivity index (χ1v) is 13.2. The van der Waals surface area contributed by atoms with Gasteiger partial charge in [-0.1, -0.05) is 11.6 Å². The molecule has 7 nitrogen and oxygen atoms in total. The van der Waals surface area contributed by atoms with Crippen molar-refractivity contribution in [3.05, 3.63) is 88.8 Å². The molecule has 0 bridgehead atoms. The van der Waals surface area contributed by atoms with E-state index in [1.165, 1.54) is 33.5 Å². The van der Waals surface area contributed by atoms with E-state index in [0.29, 0.717) is 29.4 Å². The molecule has 40 heavy (non-hydrogen) atoms. The lowest BCUT2D eigenvalue weighted by Crippen LogP contribution is -2.43. The summed E-state index contributed by atoms with van der Waals surface area (Å²) < 4.78 is 44.2. The molecule has 1 amide bonds. The molecule has 1 aliphatic heterocycles. The maximum Gasteiger partial charge on any atom is 0.254 e. The fourth-order valence-electron chi connectivity index (χ4n) is 5.12. The van der Waals surface area contributed by atoms with Gasteiger partial charge in [-0.05, 0) is 68.3 Å². The lowest BCUT2D eigenvalue weighted by atomic mass is 10.1. The Kier molecular flexibility index (Phi) is 9.71. The van der Waals surface area contributed by atoms with Gasteiger partial charge in [0, 0.05) is 55.3 Å². The molecule has 3 aromatic rings. The molecule has 2 heterocycles. The summed E-state index contributed by atoms with van der Waals surface area (Å²) in [4.78, 5) is 22.3. The number of amides is 1. The van der Waals surface area contributed by atoms with Crippen molar-refractivity contribution in [2.45, 2.75) is 32.4 Å². The SMILES string of the molecule is COc1cc(C(=O)N(C/C(C)=C/c2ccc(F)cc2F)C[C@@H]2CCCN2Cc2ccncc2)cc(OC)c1OC. The highest BCUT2D eigenvalue weighted by Gasteiger charge is 2.30. The Morgan fingerprint density at radius 2 is 1.75 bits per heavy atom. The lowest BCUT2D eigenvalue weighted by molar-refractivity contribution is 0.0718. The minimum atomic E-state index is -0.652. The molecule has 0 radical (unpaired) electrons. The van der Waals surface area contributed by atoms with Gasteiger partial charge in [0.25, 0.3) is 5.91 Å². The normalized spacial score (nSPS) is 15.7. The Morgan fingerprint density at radius 3 is 2.38 bits per heavy atom. The number of rotatable bonds is 11. The quantitative estimate of drug-likeness (QED) is 0.309. The number of likely N-dealkylation sites (tertiary alicyclic amines) is 1. The van der Waals surface area contributed by atoms with E-state index in [9.17, 15) is 13.6 Å². The van der Waals surface area contributed by atoms with Crippen LogP contribution < -0.4 is 14.2 Å². The number of halogens is 2. The van der Waals surface area contributed by atoms with E-state index in [2.05, 4.69) is 9.88 Å². The maximum absolute atomic E-state index is 14.4. The molecule has 1 saturated heterocycles. The van der Waals surface area contributed by atoms with Gasteiger partial charge in [0.2, 0.25) is 5.75 Å². The molecule has 212 valence electrons. The Labute approximate surface area is 234 Å². The standard InChI is InChI=1S/C31H35F2N3O4/c1-21(14-23-7-8-25(32)17-27(23)33)18-36(20-26-6-5-13-35(26)19-22-9-11-34-12-10-22)31(37)24-15-28(38-2)30(40-4)29(16-24)39-3/h7-12,14-17,26H,5-6,13,18-20H2,1-4H3/b21-14+/t26-/m0/s1. The first-order chi connectivity index (χ1) is 19.3. The van der Waals surface area contributed by atoms with Crippen molar-refractivity contribution in [1.82, 2.24) is 14.8 Å². The van der Waals surface area contributed by atoms with Crippen LogP contribution in [0.5, 0.6) is 17.2 Å². The van der Waals surface area contributed by atoms with E-state index in [-0.39, 0.29) is 24.1 Å². The molecular formula is C31H35F2N3O4. The van der Waals surface area contributed by atoms with Gasteiger partial charge >= 0.3 is 0 Å². The zero-order valence-electron chi connectivity index (χ0n) is 23.3. The number of aromatic nitrogens is 1.